The van der Waals surface area contributed by atoms with Crippen LogP contribution in [0, 0.1) is 0 Å². The molecule has 1 amide bonds. The molecule has 118 valence electrons. The molecule has 6 nitrogen and oxygen atoms in total. The van der Waals surface area contributed by atoms with Gasteiger partial charge in [0.2, 0.25) is 5.91 Å². The summed E-state index contributed by atoms with van der Waals surface area (Å²) in [6.07, 6.45) is 0. The Morgan fingerprint density at radius 1 is 1.13 bits per heavy atom. The first-order valence-electron chi connectivity index (χ1n) is 7.08. The lowest BCUT2D eigenvalue weighted by molar-refractivity contribution is -0.116. The fourth-order valence-corrected chi connectivity index (χ4v) is 2.49. The van der Waals surface area contributed by atoms with Gasteiger partial charge in [0.05, 0.1) is 11.9 Å². The first kappa shape index (κ1) is 15.1. The number of rotatable bonds is 3. The van der Waals surface area contributed by atoms with Crippen LogP contribution in [-0.2, 0) is 4.79 Å². The molecule has 0 aliphatic rings. The average molecular weight is 312 g/mol. The molecule has 2 aromatic carbocycles. The Morgan fingerprint density at radius 3 is 2.61 bits per heavy atom. The molecule has 0 aliphatic heterocycles. The number of carbonyl (C=O) groups excluding carboxylic acids is 1. The van der Waals surface area contributed by atoms with Crippen molar-refractivity contribution in [3.8, 4) is 5.75 Å². The van der Waals surface area contributed by atoms with E-state index in [0.29, 0.717) is 22.0 Å². The number of carbonyl (C=O) groups is 1. The zero-order valence-corrected chi connectivity index (χ0v) is 12.8. The summed E-state index contributed by atoms with van der Waals surface area (Å²) in [6, 6.07) is 9.73. The van der Waals surface area contributed by atoms with Crippen LogP contribution in [0.15, 0.2) is 45.6 Å². The van der Waals surface area contributed by atoms with Crippen molar-refractivity contribution in [1.29, 1.82) is 0 Å². The quantitative estimate of drug-likeness (QED) is 0.572. The molecule has 1 heterocycles. The Labute approximate surface area is 131 Å². The minimum absolute atomic E-state index is 0.0109. The number of hydrogen-bond donors (Lipinski definition) is 2. The number of amides is 1. The van der Waals surface area contributed by atoms with Gasteiger partial charge in [0, 0.05) is 22.5 Å². The van der Waals surface area contributed by atoms with E-state index in [1.165, 1.54) is 12.1 Å². The molecule has 6 heteroatoms. The van der Waals surface area contributed by atoms with Crippen molar-refractivity contribution < 1.29 is 14.3 Å². The van der Waals surface area contributed by atoms with Gasteiger partial charge in [0.15, 0.2) is 0 Å². The number of aromatic hydroxyl groups is 1. The van der Waals surface area contributed by atoms with Gasteiger partial charge >= 0.3 is 5.63 Å². The molecule has 0 saturated heterocycles. The third-order valence-electron chi connectivity index (χ3n) is 3.44. The van der Waals surface area contributed by atoms with Crippen molar-refractivity contribution in [1.82, 2.24) is 4.90 Å². The SMILES string of the molecule is CN(C)CC(=O)Nc1ccc2c(c1)oc(=O)c1cc(O)ccc12. The van der Waals surface area contributed by atoms with Crippen LogP contribution in [0.1, 0.15) is 0 Å². The number of anilines is 1. The standard InChI is InChI=1S/C17H16N2O4/c1-19(2)9-16(21)18-10-3-5-13-12-6-4-11(20)8-14(12)17(22)23-15(13)7-10/h3-8,20H,9H2,1-2H3,(H,18,21). The van der Waals surface area contributed by atoms with E-state index in [-0.39, 0.29) is 18.2 Å². The predicted molar refractivity (Wildman–Crippen MR) is 88.8 cm³/mol. The molecule has 1 aromatic heterocycles. The minimum Gasteiger partial charge on any atom is -0.508 e. The van der Waals surface area contributed by atoms with E-state index >= 15 is 0 Å². The van der Waals surface area contributed by atoms with E-state index in [1.54, 1.807) is 43.3 Å². The Balaban J connectivity index is 2.07. The highest BCUT2D eigenvalue weighted by Gasteiger charge is 2.10. The molecule has 2 N–H and O–H groups in total. The molecule has 0 saturated carbocycles. The first-order valence-corrected chi connectivity index (χ1v) is 7.08. The Hall–Kier alpha value is -2.86. The van der Waals surface area contributed by atoms with E-state index in [2.05, 4.69) is 5.32 Å². The number of phenolic OH excluding ortho intramolecular Hbond substituents is 1. The van der Waals surface area contributed by atoms with Crippen LogP contribution in [0.25, 0.3) is 21.7 Å². The van der Waals surface area contributed by atoms with Gasteiger partial charge in [-0.15, -0.1) is 0 Å². The van der Waals surface area contributed by atoms with Crippen LogP contribution in [0.2, 0.25) is 0 Å². The lowest BCUT2D eigenvalue weighted by Gasteiger charge is -2.10. The molecule has 0 atom stereocenters. The van der Waals surface area contributed by atoms with Crippen LogP contribution in [0.3, 0.4) is 0 Å². The highest BCUT2D eigenvalue weighted by atomic mass is 16.4. The maximum atomic E-state index is 12.1. The molecule has 0 unspecified atom stereocenters. The summed E-state index contributed by atoms with van der Waals surface area (Å²) in [5.74, 6) is -0.140. The van der Waals surface area contributed by atoms with Crippen LogP contribution in [0.5, 0.6) is 5.75 Å². The van der Waals surface area contributed by atoms with Crippen molar-refractivity contribution in [2.45, 2.75) is 0 Å². The fourth-order valence-electron chi connectivity index (χ4n) is 2.49. The largest absolute Gasteiger partial charge is 0.508 e. The number of benzene rings is 2. The van der Waals surface area contributed by atoms with Gasteiger partial charge in [0.1, 0.15) is 11.3 Å². The number of nitrogens with one attached hydrogen (secondary N) is 1. The molecule has 23 heavy (non-hydrogen) atoms. The van der Waals surface area contributed by atoms with Gasteiger partial charge in [-0.3, -0.25) is 4.79 Å². The maximum Gasteiger partial charge on any atom is 0.344 e. The van der Waals surface area contributed by atoms with Gasteiger partial charge in [-0.05, 0) is 44.4 Å². The van der Waals surface area contributed by atoms with Gasteiger partial charge in [-0.25, -0.2) is 4.79 Å². The number of likely N-dealkylation sites (N-methyl/N-ethyl adjacent to an activating group) is 1. The summed E-state index contributed by atoms with van der Waals surface area (Å²) in [5.41, 5.74) is 0.418. The maximum absolute atomic E-state index is 12.1. The molecular weight excluding hydrogens is 296 g/mol. The van der Waals surface area contributed by atoms with Gasteiger partial charge in [-0.2, -0.15) is 0 Å². The fraction of sp³-hybridized carbons (Fsp3) is 0.176. The minimum atomic E-state index is -0.528. The molecular formula is C17H16N2O4. The van der Waals surface area contributed by atoms with E-state index in [4.69, 9.17) is 4.42 Å². The van der Waals surface area contributed by atoms with Crippen molar-refractivity contribution in [3.05, 3.63) is 46.8 Å². The molecule has 3 aromatic rings. The zero-order valence-electron chi connectivity index (χ0n) is 12.8. The lowest BCUT2D eigenvalue weighted by Crippen LogP contribution is -2.27. The highest BCUT2D eigenvalue weighted by molar-refractivity contribution is 6.06. The van der Waals surface area contributed by atoms with Crippen LogP contribution < -0.4 is 10.9 Å². The Bertz CT molecular complexity index is 960. The summed E-state index contributed by atoms with van der Waals surface area (Å²) in [5, 5.41) is 14.0. The van der Waals surface area contributed by atoms with Crippen molar-refractivity contribution in [2.75, 3.05) is 26.0 Å². The monoisotopic (exact) mass is 312 g/mol. The normalized spacial score (nSPS) is 11.3. The Morgan fingerprint density at radius 2 is 1.87 bits per heavy atom. The predicted octanol–water partition coefficient (Wildman–Crippen LogP) is 2.15. The number of phenols is 1. The molecule has 3 rings (SSSR count). The van der Waals surface area contributed by atoms with E-state index in [1.807, 2.05) is 0 Å². The topological polar surface area (TPSA) is 82.8 Å². The number of nitrogens with zero attached hydrogens (tertiary/aromatic N) is 1. The third kappa shape index (κ3) is 3.02. The van der Waals surface area contributed by atoms with Gasteiger partial charge in [-0.1, -0.05) is 0 Å². The molecule has 0 spiro atoms. The van der Waals surface area contributed by atoms with E-state index < -0.39 is 5.63 Å². The molecule has 0 fully saturated rings. The van der Waals surface area contributed by atoms with E-state index in [0.717, 1.165) is 5.39 Å². The van der Waals surface area contributed by atoms with Crippen molar-refractivity contribution in [3.63, 3.8) is 0 Å². The molecule has 0 radical (unpaired) electrons. The summed E-state index contributed by atoms with van der Waals surface area (Å²) in [7, 11) is 3.61. The smallest absolute Gasteiger partial charge is 0.344 e. The Kier molecular flexibility index (Phi) is 3.75. The first-order chi connectivity index (χ1) is 10.9. The zero-order chi connectivity index (χ0) is 16.6. The summed E-state index contributed by atoms with van der Waals surface area (Å²) >= 11 is 0. The summed E-state index contributed by atoms with van der Waals surface area (Å²) < 4.78 is 5.30. The van der Waals surface area contributed by atoms with Gasteiger partial charge in [0.25, 0.3) is 0 Å². The van der Waals surface area contributed by atoms with Crippen LogP contribution in [-0.4, -0.2) is 36.6 Å². The van der Waals surface area contributed by atoms with Gasteiger partial charge < -0.3 is 19.7 Å². The highest BCUT2D eigenvalue weighted by Crippen LogP contribution is 2.27. The second kappa shape index (κ2) is 5.73. The second-order valence-electron chi connectivity index (χ2n) is 5.62. The average Bonchev–Trinajstić information content (AvgIpc) is 2.46. The van der Waals surface area contributed by atoms with Crippen molar-refractivity contribution >= 4 is 33.3 Å². The molecule has 0 aliphatic carbocycles. The van der Waals surface area contributed by atoms with Crippen molar-refractivity contribution in [2.24, 2.45) is 0 Å². The number of hydrogen-bond acceptors (Lipinski definition) is 5. The third-order valence-corrected chi connectivity index (χ3v) is 3.44. The lowest BCUT2D eigenvalue weighted by atomic mass is 10.1. The summed E-state index contributed by atoms with van der Waals surface area (Å²) in [6.45, 7) is 0.263. The van der Waals surface area contributed by atoms with Crippen LogP contribution in [0.4, 0.5) is 5.69 Å². The molecule has 0 bridgehead atoms. The van der Waals surface area contributed by atoms with E-state index in [9.17, 15) is 14.7 Å². The van der Waals surface area contributed by atoms with Crippen LogP contribution >= 0.6 is 0 Å². The number of fused-ring (bicyclic) bond motifs is 3. The summed E-state index contributed by atoms with van der Waals surface area (Å²) in [4.78, 5) is 25.6. The second-order valence-corrected chi connectivity index (χ2v) is 5.62.